The molecule has 0 spiro atoms. The lowest BCUT2D eigenvalue weighted by atomic mass is 10.1. The Balaban J connectivity index is 2.24. The predicted molar refractivity (Wildman–Crippen MR) is 108 cm³/mol. The Kier molecular flexibility index (Phi) is 7.72. The number of aliphatic carboxylic acids is 1. The van der Waals surface area contributed by atoms with Gasteiger partial charge in [-0.1, -0.05) is 24.3 Å². The van der Waals surface area contributed by atoms with Gasteiger partial charge in [-0.3, -0.25) is 9.55 Å². The van der Waals surface area contributed by atoms with Crippen molar-refractivity contribution in [3.63, 3.8) is 0 Å². The fourth-order valence-corrected chi connectivity index (χ4v) is 4.65. The van der Waals surface area contributed by atoms with Gasteiger partial charge in [-0.25, -0.2) is 0 Å². The number of fused-ring (bicyclic) bond motifs is 1. The molecule has 0 aliphatic heterocycles. The van der Waals surface area contributed by atoms with Crippen LogP contribution >= 0.6 is 11.8 Å². The van der Waals surface area contributed by atoms with E-state index in [-0.39, 0.29) is 24.6 Å². The summed E-state index contributed by atoms with van der Waals surface area (Å²) in [6.07, 6.45) is 2.72. The van der Waals surface area contributed by atoms with Gasteiger partial charge in [-0.2, -0.15) is 8.42 Å². The van der Waals surface area contributed by atoms with E-state index in [0.29, 0.717) is 23.7 Å². The van der Waals surface area contributed by atoms with Crippen molar-refractivity contribution in [2.75, 3.05) is 18.1 Å². The molecule has 0 saturated heterocycles. The topological polar surface area (TPSA) is 164 Å². The number of guanidine groups is 1. The van der Waals surface area contributed by atoms with E-state index in [1.807, 2.05) is 24.3 Å². The Hall–Kier alpha value is -2.24. The molecule has 1 aromatic carbocycles. The van der Waals surface area contributed by atoms with Crippen LogP contribution in [0.4, 0.5) is 0 Å². The molecular weight excluding hydrogens is 404 g/mol. The van der Waals surface area contributed by atoms with Crippen LogP contribution in [0, 0.1) is 0 Å². The second-order valence-corrected chi connectivity index (χ2v) is 8.86. The van der Waals surface area contributed by atoms with Crippen molar-refractivity contribution in [1.29, 1.82) is 0 Å². The average molecular weight is 428 g/mol. The Morgan fingerprint density at radius 3 is 2.64 bits per heavy atom. The second kappa shape index (κ2) is 9.80. The number of hydrogen-bond donors (Lipinski definition) is 3. The van der Waals surface area contributed by atoms with Crippen molar-refractivity contribution in [3.8, 4) is 0 Å². The molecule has 1 aromatic heterocycles. The number of aromatic nitrogens is 1. The Labute approximate surface area is 167 Å². The van der Waals surface area contributed by atoms with Gasteiger partial charge in [0.15, 0.2) is 5.96 Å². The van der Waals surface area contributed by atoms with Crippen molar-refractivity contribution in [2.24, 2.45) is 16.5 Å². The number of carboxylic acids is 1. The summed E-state index contributed by atoms with van der Waals surface area (Å²) in [7, 11) is -4.03. The van der Waals surface area contributed by atoms with Crippen LogP contribution in [-0.4, -0.2) is 47.5 Å². The minimum atomic E-state index is -4.03. The number of nitrogens with zero attached hydrogens (tertiary/aromatic N) is 2. The first-order chi connectivity index (χ1) is 13.2. The predicted octanol–water partition coefficient (Wildman–Crippen LogP) is 0.356. The summed E-state index contributed by atoms with van der Waals surface area (Å²) in [6.45, 7) is 0.309. The highest BCUT2D eigenvalue weighted by molar-refractivity contribution is 7.99. The van der Waals surface area contributed by atoms with Crippen LogP contribution in [-0.2, 0) is 14.9 Å². The molecule has 0 radical (unpaired) electrons. The third kappa shape index (κ3) is 6.43. The molecule has 0 unspecified atom stereocenters. The maximum atomic E-state index is 11.8. The average Bonchev–Trinajstić information content (AvgIpc) is 2.95. The van der Waals surface area contributed by atoms with Gasteiger partial charge in [0.1, 0.15) is 0 Å². The van der Waals surface area contributed by atoms with Crippen molar-refractivity contribution in [2.45, 2.75) is 30.3 Å². The van der Waals surface area contributed by atoms with E-state index in [9.17, 15) is 18.3 Å². The number of hydrogen-bond acceptors (Lipinski definition) is 6. The first-order valence-corrected chi connectivity index (χ1v) is 11.2. The zero-order chi connectivity index (χ0) is 20.7. The summed E-state index contributed by atoms with van der Waals surface area (Å²) in [5.74, 6) is -1.21. The van der Waals surface area contributed by atoms with Gasteiger partial charge in [0.05, 0.1) is 22.8 Å². The van der Waals surface area contributed by atoms with Gasteiger partial charge in [0.25, 0.3) is 10.1 Å². The molecule has 154 valence electrons. The van der Waals surface area contributed by atoms with E-state index >= 15 is 0 Å². The number of thioether (sulfide) groups is 1. The van der Waals surface area contributed by atoms with Crippen LogP contribution in [0.5, 0.6) is 0 Å². The number of nitrogens with two attached hydrogens (primary N) is 2. The van der Waals surface area contributed by atoms with Gasteiger partial charge in [0.2, 0.25) is 0 Å². The summed E-state index contributed by atoms with van der Waals surface area (Å²) < 4.78 is 32.3. The number of rotatable bonds is 11. The third-order valence-electron chi connectivity index (χ3n) is 4.03. The maximum absolute atomic E-state index is 11.8. The Morgan fingerprint density at radius 2 is 2.00 bits per heavy atom. The highest BCUT2D eigenvalue weighted by Gasteiger charge is 2.19. The van der Waals surface area contributed by atoms with Crippen LogP contribution in [0.3, 0.4) is 0 Å². The van der Waals surface area contributed by atoms with E-state index in [1.165, 1.54) is 11.8 Å². The molecule has 2 aromatic rings. The molecule has 0 saturated carbocycles. The second-order valence-electron chi connectivity index (χ2n) is 6.20. The van der Waals surface area contributed by atoms with E-state index in [4.69, 9.17) is 16.0 Å². The summed E-state index contributed by atoms with van der Waals surface area (Å²) >= 11 is 1.34. The fourth-order valence-electron chi connectivity index (χ4n) is 2.81. The van der Waals surface area contributed by atoms with Crippen LogP contribution in [0.2, 0.25) is 0 Å². The number of carbonyl (C=O) groups is 1. The molecule has 0 fully saturated rings. The molecule has 2 rings (SSSR count). The smallest absolute Gasteiger partial charge is 0.264 e. The van der Waals surface area contributed by atoms with E-state index in [1.54, 1.807) is 10.8 Å². The molecule has 0 aliphatic rings. The quantitative estimate of drug-likeness (QED) is 0.152. The minimum Gasteiger partial charge on any atom is -0.548 e. The standard InChI is InChI=1S/C17H24N4O5S2/c18-17(19)20-8-3-7-14(16(22)23)21-11-12-5-1-2-6-13(12)15(21)27-9-4-10-28(24,25)26/h1-2,5-6,11,14H,3-4,7-10H2,(H,22,23)(H4,18,19,20)(H,24,25,26)/p-1/t14-/m0/s1. The summed E-state index contributed by atoms with van der Waals surface area (Å²) in [6, 6.07) is 6.54. The summed E-state index contributed by atoms with van der Waals surface area (Å²) in [5, 5.41) is 14.2. The van der Waals surface area contributed by atoms with Gasteiger partial charge in [-0.15, -0.1) is 11.8 Å². The van der Waals surface area contributed by atoms with Gasteiger partial charge >= 0.3 is 0 Å². The lowest BCUT2D eigenvalue weighted by molar-refractivity contribution is -0.310. The van der Waals surface area contributed by atoms with E-state index < -0.39 is 22.1 Å². The van der Waals surface area contributed by atoms with Gasteiger partial charge < -0.3 is 25.9 Å². The van der Waals surface area contributed by atoms with Crippen LogP contribution in [0.25, 0.3) is 10.8 Å². The molecule has 0 aliphatic carbocycles. The molecule has 0 bridgehead atoms. The van der Waals surface area contributed by atoms with Gasteiger partial charge in [0, 0.05) is 29.3 Å². The van der Waals surface area contributed by atoms with Crippen LogP contribution in [0.1, 0.15) is 25.3 Å². The Morgan fingerprint density at radius 1 is 1.29 bits per heavy atom. The molecular formula is C17H23N4O5S2-. The Bertz CT molecular complexity index is 952. The van der Waals surface area contributed by atoms with Crippen molar-refractivity contribution < 1.29 is 22.9 Å². The molecule has 9 nitrogen and oxygen atoms in total. The minimum absolute atomic E-state index is 0.0493. The molecule has 11 heteroatoms. The first kappa shape index (κ1) is 22.1. The summed E-state index contributed by atoms with van der Waals surface area (Å²) in [5.41, 5.74) is 10.6. The van der Waals surface area contributed by atoms with Crippen molar-refractivity contribution in [1.82, 2.24) is 4.57 Å². The van der Waals surface area contributed by atoms with Crippen molar-refractivity contribution >= 4 is 44.6 Å². The molecule has 1 heterocycles. The van der Waals surface area contributed by atoms with E-state index in [2.05, 4.69) is 4.99 Å². The largest absolute Gasteiger partial charge is 0.548 e. The molecule has 28 heavy (non-hydrogen) atoms. The van der Waals surface area contributed by atoms with Crippen molar-refractivity contribution in [3.05, 3.63) is 30.5 Å². The summed E-state index contributed by atoms with van der Waals surface area (Å²) in [4.78, 5) is 15.6. The number of carbonyl (C=O) groups excluding carboxylic acids is 1. The van der Waals surface area contributed by atoms with Gasteiger partial charge in [-0.05, 0) is 19.3 Å². The first-order valence-electron chi connectivity index (χ1n) is 8.63. The van der Waals surface area contributed by atoms with Crippen LogP contribution in [0.15, 0.2) is 40.5 Å². The number of benzene rings is 1. The van der Waals surface area contributed by atoms with E-state index in [0.717, 1.165) is 10.8 Å². The zero-order valence-corrected chi connectivity index (χ0v) is 16.8. The lowest BCUT2D eigenvalue weighted by Gasteiger charge is -2.22. The SMILES string of the molecule is NC(N)=NCCC[C@@H](C(=O)[O-])n1cc2ccccc2c1SCCCS(=O)(=O)O. The number of carboxylic acid groups (broad SMARTS) is 1. The zero-order valence-electron chi connectivity index (χ0n) is 15.2. The maximum Gasteiger partial charge on any atom is 0.264 e. The lowest BCUT2D eigenvalue weighted by Crippen LogP contribution is -2.33. The fraction of sp³-hybridized carbons (Fsp3) is 0.412. The third-order valence-corrected chi connectivity index (χ3v) is 6.03. The molecule has 5 N–H and O–H groups in total. The molecule has 0 amide bonds. The molecule has 1 atom stereocenters. The van der Waals surface area contributed by atoms with Crippen LogP contribution < -0.4 is 16.6 Å². The number of aliphatic imine (C=N–C) groups is 1. The monoisotopic (exact) mass is 427 g/mol. The highest BCUT2D eigenvalue weighted by atomic mass is 32.2. The highest BCUT2D eigenvalue weighted by Crippen LogP contribution is 2.34. The normalized spacial score (nSPS) is 12.8.